The Morgan fingerprint density at radius 2 is 2.00 bits per heavy atom. The lowest BCUT2D eigenvalue weighted by molar-refractivity contribution is 0.194. The first kappa shape index (κ1) is 18.9. The van der Waals surface area contributed by atoms with Crippen LogP contribution in [-0.2, 0) is 0 Å². The molecule has 0 saturated carbocycles. The van der Waals surface area contributed by atoms with Gasteiger partial charge in [0.1, 0.15) is 6.33 Å². The van der Waals surface area contributed by atoms with Crippen molar-refractivity contribution in [2.75, 3.05) is 25.1 Å². The maximum absolute atomic E-state index is 12.9. The summed E-state index contributed by atoms with van der Waals surface area (Å²) in [6.45, 7) is 1.68. The molecule has 2 unspecified atom stereocenters. The number of hydrogen-bond acceptors (Lipinski definition) is 6. The molecule has 2 atom stereocenters. The lowest BCUT2D eigenvalue weighted by Gasteiger charge is -2.27. The first-order chi connectivity index (χ1) is 15.7. The number of fused-ring (bicyclic) bond motifs is 2. The average molecular weight is 429 g/mol. The Labute approximate surface area is 184 Å². The van der Waals surface area contributed by atoms with Crippen molar-refractivity contribution in [3.05, 3.63) is 61.6 Å². The lowest BCUT2D eigenvalue weighted by Crippen LogP contribution is -2.41. The van der Waals surface area contributed by atoms with Crippen LogP contribution in [0.2, 0.25) is 0 Å². The third kappa shape index (κ3) is 2.84. The average Bonchev–Trinajstić information content (AvgIpc) is 3.62. The minimum Gasteiger partial charge on any atom is -0.481 e. The molecule has 32 heavy (non-hydrogen) atoms. The van der Waals surface area contributed by atoms with Gasteiger partial charge in [-0.15, -0.1) is 0 Å². The van der Waals surface area contributed by atoms with Crippen LogP contribution < -0.4 is 9.64 Å². The molecule has 2 aliphatic rings. The van der Waals surface area contributed by atoms with Gasteiger partial charge >= 0.3 is 6.03 Å². The molecule has 6 heterocycles. The fourth-order valence-electron chi connectivity index (χ4n) is 5.18. The lowest BCUT2D eigenvalue weighted by atomic mass is 10.1. The highest BCUT2D eigenvalue weighted by molar-refractivity contribution is 5.84. The number of carbonyl (C=O) groups is 1. The highest BCUT2D eigenvalue weighted by Gasteiger charge is 2.44. The molecular formula is C23H23N7O2. The molecular weight excluding hydrogens is 406 g/mol. The monoisotopic (exact) mass is 429 g/mol. The second-order valence-corrected chi connectivity index (χ2v) is 8.18. The normalized spacial score (nSPS) is 20.2. The van der Waals surface area contributed by atoms with E-state index in [1.165, 1.54) is 0 Å². The number of hydrogen-bond donors (Lipinski definition) is 0. The molecule has 0 aliphatic carbocycles. The summed E-state index contributed by atoms with van der Waals surface area (Å²) >= 11 is 0. The van der Waals surface area contributed by atoms with Crippen molar-refractivity contribution in [1.29, 1.82) is 0 Å². The van der Waals surface area contributed by atoms with Crippen LogP contribution in [0.4, 0.5) is 10.5 Å². The number of rotatable bonds is 3. The minimum atomic E-state index is 0.00838. The summed E-state index contributed by atoms with van der Waals surface area (Å²) in [6.07, 6.45) is 12.4. The summed E-state index contributed by atoms with van der Waals surface area (Å²) in [4.78, 5) is 25.7. The maximum atomic E-state index is 12.9. The number of pyridine rings is 2. The number of nitrogens with zero attached hydrogens (tertiary/aromatic N) is 7. The van der Waals surface area contributed by atoms with Gasteiger partial charge in [0.05, 0.1) is 30.9 Å². The van der Waals surface area contributed by atoms with Crippen molar-refractivity contribution in [1.82, 2.24) is 29.0 Å². The summed E-state index contributed by atoms with van der Waals surface area (Å²) in [5.41, 5.74) is 4.04. The zero-order valence-electron chi connectivity index (χ0n) is 17.7. The van der Waals surface area contributed by atoms with Gasteiger partial charge in [-0.2, -0.15) is 5.10 Å². The van der Waals surface area contributed by atoms with Gasteiger partial charge in [0, 0.05) is 54.7 Å². The predicted molar refractivity (Wildman–Crippen MR) is 119 cm³/mol. The van der Waals surface area contributed by atoms with Gasteiger partial charge in [-0.3, -0.25) is 4.57 Å². The molecule has 0 radical (unpaired) electrons. The van der Waals surface area contributed by atoms with Gasteiger partial charge in [-0.05, 0) is 37.1 Å². The first-order valence-electron chi connectivity index (χ1n) is 10.8. The molecule has 2 fully saturated rings. The Morgan fingerprint density at radius 1 is 1.09 bits per heavy atom. The van der Waals surface area contributed by atoms with Gasteiger partial charge in [0.15, 0.2) is 0 Å². The van der Waals surface area contributed by atoms with Crippen LogP contribution in [0.15, 0.2) is 61.6 Å². The third-order valence-corrected chi connectivity index (χ3v) is 6.64. The van der Waals surface area contributed by atoms with Crippen molar-refractivity contribution >= 4 is 17.2 Å². The van der Waals surface area contributed by atoms with Crippen LogP contribution >= 0.6 is 0 Å². The van der Waals surface area contributed by atoms with E-state index in [9.17, 15) is 4.79 Å². The SMILES string of the molecule is COc1ncccc1-c1cnn2ccc(N3CCC4C3CCN4C(=O)n3ccnc3)cc12. The van der Waals surface area contributed by atoms with Crippen LogP contribution in [0.5, 0.6) is 5.88 Å². The fraction of sp³-hybridized carbons (Fsp3) is 0.304. The van der Waals surface area contributed by atoms with Crippen LogP contribution in [0.1, 0.15) is 12.8 Å². The van der Waals surface area contributed by atoms with Crippen LogP contribution in [0.25, 0.3) is 16.6 Å². The van der Waals surface area contributed by atoms with E-state index in [0.29, 0.717) is 11.9 Å². The van der Waals surface area contributed by atoms with E-state index >= 15 is 0 Å². The smallest absolute Gasteiger partial charge is 0.329 e. The summed E-state index contributed by atoms with van der Waals surface area (Å²) in [7, 11) is 1.63. The quantitative estimate of drug-likeness (QED) is 0.498. The molecule has 9 nitrogen and oxygen atoms in total. The highest BCUT2D eigenvalue weighted by atomic mass is 16.5. The molecule has 2 saturated heterocycles. The molecule has 0 N–H and O–H groups in total. The molecule has 6 rings (SSSR count). The molecule has 2 aliphatic heterocycles. The summed E-state index contributed by atoms with van der Waals surface area (Å²) in [5.74, 6) is 0.582. The van der Waals surface area contributed by atoms with E-state index in [0.717, 1.165) is 48.3 Å². The number of anilines is 1. The topological polar surface area (TPSA) is 80.8 Å². The second kappa shape index (κ2) is 7.37. The Balaban J connectivity index is 1.32. The maximum Gasteiger partial charge on any atom is 0.329 e. The zero-order valence-corrected chi connectivity index (χ0v) is 17.7. The van der Waals surface area contributed by atoms with Crippen LogP contribution in [0.3, 0.4) is 0 Å². The number of aromatic nitrogens is 5. The molecule has 0 spiro atoms. The number of methoxy groups -OCH3 is 1. The van der Waals surface area contributed by atoms with Crippen molar-refractivity contribution in [2.24, 2.45) is 0 Å². The van der Waals surface area contributed by atoms with E-state index in [4.69, 9.17) is 4.74 Å². The molecule has 162 valence electrons. The van der Waals surface area contributed by atoms with Gasteiger partial charge in [-0.25, -0.2) is 19.3 Å². The van der Waals surface area contributed by atoms with Gasteiger partial charge < -0.3 is 14.5 Å². The van der Waals surface area contributed by atoms with Crippen LogP contribution in [-0.4, -0.2) is 67.4 Å². The molecule has 9 heteroatoms. The number of carbonyl (C=O) groups excluding carboxylic acids is 1. The second-order valence-electron chi connectivity index (χ2n) is 8.18. The van der Waals surface area contributed by atoms with Gasteiger partial charge in [0.2, 0.25) is 5.88 Å². The Hall–Kier alpha value is -3.88. The zero-order chi connectivity index (χ0) is 21.7. The molecule has 4 aromatic heterocycles. The number of ether oxygens (including phenoxy) is 1. The fourth-order valence-corrected chi connectivity index (χ4v) is 5.18. The number of likely N-dealkylation sites (tertiary alicyclic amines) is 1. The standard InChI is InChI=1S/C23H23N7O2/c1-32-22-17(3-2-7-25-22)18-14-26-30-11-4-16(13-21(18)30)28-9-5-20-19(28)6-10-29(20)23(31)27-12-8-24-15-27/h2-4,7-8,11-15,19-20H,5-6,9-10H2,1H3. The van der Waals surface area contributed by atoms with Crippen molar-refractivity contribution < 1.29 is 9.53 Å². The molecule has 0 bridgehead atoms. The molecule has 1 amide bonds. The predicted octanol–water partition coefficient (Wildman–Crippen LogP) is 2.92. The Morgan fingerprint density at radius 3 is 2.84 bits per heavy atom. The van der Waals surface area contributed by atoms with E-state index < -0.39 is 0 Å². The first-order valence-corrected chi connectivity index (χ1v) is 10.8. The summed E-state index contributed by atoms with van der Waals surface area (Å²) in [5, 5.41) is 4.52. The largest absolute Gasteiger partial charge is 0.481 e. The minimum absolute atomic E-state index is 0.00838. The van der Waals surface area contributed by atoms with Gasteiger partial charge in [-0.1, -0.05) is 0 Å². The number of imidazole rings is 1. The van der Waals surface area contributed by atoms with Crippen molar-refractivity contribution in [3.8, 4) is 17.0 Å². The van der Waals surface area contributed by atoms with Crippen molar-refractivity contribution in [3.63, 3.8) is 0 Å². The van der Waals surface area contributed by atoms with E-state index in [1.54, 1.807) is 36.6 Å². The van der Waals surface area contributed by atoms with E-state index in [1.807, 2.05) is 33.9 Å². The Bertz CT molecular complexity index is 1280. The summed E-state index contributed by atoms with van der Waals surface area (Å²) in [6, 6.07) is 8.71. The van der Waals surface area contributed by atoms with Gasteiger partial charge in [0.25, 0.3) is 0 Å². The third-order valence-electron chi connectivity index (χ3n) is 6.64. The highest BCUT2D eigenvalue weighted by Crippen LogP contribution is 2.37. The Kier molecular flexibility index (Phi) is 4.34. The number of amides is 1. The van der Waals surface area contributed by atoms with Crippen molar-refractivity contribution in [2.45, 2.75) is 24.9 Å². The summed E-state index contributed by atoms with van der Waals surface area (Å²) < 4.78 is 8.91. The molecule has 4 aromatic rings. The van der Waals surface area contributed by atoms with Crippen LogP contribution in [0, 0.1) is 0 Å². The van der Waals surface area contributed by atoms with E-state index in [-0.39, 0.29) is 12.1 Å². The van der Waals surface area contributed by atoms with E-state index in [2.05, 4.69) is 32.1 Å². The molecule has 0 aromatic carbocycles.